The highest BCUT2D eigenvalue weighted by Crippen LogP contribution is 2.30. The molecule has 3 nitrogen and oxygen atoms in total. The van der Waals surface area contributed by atoms with Crippen molar-refractivity contribution in [2.75, 3.05) is 13.7 Å². The maximum atomic E-state index is 9.26. The number of nitrogens with two attached hydrogens (primary N) is 1. The van der Waals surface area contributed by atoms with E-state index < -0.39 is 5.54 Å². The van der Waals surface area contributed by atoms with Gasteiger partial charge in [0.15, 0.2) is 0 Å². The van der Waals surface area contributed by atoms with Gasteiger partial charge in [0.2, 0.25) is 0 Å². The third-order valence-corrected chi connectivity index (χ3v) is 4.79. The van der Waals surface area contributed by atoms with E-state index >= 15 is 0 Å². The van der Waals surface area contributed by atoms with Crippen molar-refractivity contribution >= 4 is 0 Å². The molecule has 0 radical (unpaired) electrons. The van der Waals surface area contributed by atoms with Crippen molar-refractivity contribution in [1.29, 1.82) is 0 Å². The van der Waals surface area contributed by atoms with E-state index in [0.29, 0.717) is 12.1 Å². The monoisotopic (exact) mass is 256 g/mol. The van der Waals surface area contributed by atoms with Gasteiger partial charge in [0.25, 0.3) is 0 Å². The lowest BCUT2D eigenvalue weighted by Crippen LogP contribution is -2.49. The third kappa shape index (κ3) is 4.52. The van der Waals surface area contributed by atoms with Crippen molar-refractivity contribution in [2.45, 2.75) is 76.9 Å². The summed E-state index contributed by atoms with van der Waals surface area (Å²) in [4.78, 5) is 2.48. The van der Waals surface area contributed by atoms with Crippen LogP contribution in [-0.4, -0.2) is 41.3 Å². The topological polar surface area (TPSA) is 49.5 Å². The zero-order valence-corrected chi connectivity index (χ0v) is 12.7. The lowest BCUT2D eigenvalue weighted by atomic mass is 9.83. The highest BCUT2D eigenvalue weighted by atomic mass is 16.3. The van der Waals surface area contributed by atoms with Crippen LogP contribution in [0.1, 0.15) is 59.3 Å². The van der Waals surface area contributed by atoms with Crippen LogP contribution in [0.25, 0.3) is 0 Å². The number of rotatable bonds is 6. The molecule has 0 saturated heterocycles. The van der Waals surface area contributed by atoms with Gasteiger partial charge < -0.3 is 15.7 Å². The maximum Gasteiger partial charge on any atom is 0.0609 e. The number of aliphatic hydroxyl groups excluding tert-OH is 1. The lowest BCUT2D eigenvalue weighted by Gasteiger charge is -2.40. The average Bonchev–Trinajstić information content (AvgIpc) is 2.37. The van der Waals surface area contributed by atoms with Crippen molar-refractivity contribution in [3.63, 3.8) is 0 Å². The summed E-state index contributed by atoms with van der Waals surface area (Å²) in [6, 6.07) is 1.15. The summed E-state index contributed by atoms with van der Waals surface area (Å²) in [7, 11) is 2.22. The molecule has 2 atom stereocenters. The Hall–Kier alpha value is -0.120. The zero-order valence-electron chi connectivity index (χ0n) is 12.7. The van der Waals surface area contributed by atoms with Crippen LogP contribution in [0.5, 0.6) is 0 Å². The molecule has 1 rings (SSSR count). The maximum absolute atomic E-state index is 9.26. The second-order valence-electron chi connectivity index (χ2n) is 6.61. The fourth-order valence-electron chi connectivity index (χ4n) is 3.20. The van der Waals surface area contributed by atoms with Crippen LogP contribution in [-0.2, 0) is 0 Å². The van der Waals surface area contributed by atoms with Crippen molar-refractivity contribution in [3.8, 4) is 0 Å². The molecule has 1 fully saturated rings. The molecule has 0 bridgehead atoms. The van der Waals surface area contributed by atoms with Crippen molar-refractivity contribution < 1.29 is 5.11 Å². The molecule has 0 heterocycles. The summed E-state index contributed by atoms with van der Waals surface area (Å²) in [6.45, 7) is 6.53. The summed E-state index contributed by atoms with van der Waals surface area (Å²) >= 11 is 0. The molecule has 0 aromatic rings. The van der Waals surface area contributed by atoms with Crippen LogP contribution < -0.4 is 5.73 Å². The first-order valence-corrected chi connectivity index (χ1v) is 7.51. The molecule has 3 N–H and O–H groups in total. The van der Waals surface area contributed by atoms with Gasteiger partial charge in [-0.2, -0.15) is 0 Å². The highest BCUT2D eigenvalue weighted by Gasteiger charge is 2.28. The minimum atomic E-state index is -0.450. The van der Waals surface area contributed by atoms with Gasteiger partial charge in [0, 0.05) is 17.6 Å². The van der Waals surface area contributed by atoms with Crippen molar-refractivity contribution in [3.05, 3.63) is 0 Å². The van der Waals surface area contributed by atoms with E-state index in [-0.39, 0.29) is 6.61 Å². The first kappa shape index (κ1) is 15.9. The fraction of sp³-hybridized carbons (Fsp3) is 1.00. The van der Waals surface area contributed by atoms with Gasteiger partial charge in [0.1, 0.15) is 0 Å². The van der Waals surface area contributed by atoms with Gasteiger partial charge in [-0.3, -0.25) is 0 Å². The first-order chi connectivity index (χ1) is 8.39. The van der Waals surface area contributed by atoms with Crippen LogP contribution in [0.4, 0.5) is 0 Å². The van der Waals surface area contributed by atoms with Gasteiger partial charge in [0.05, 0.1) is 6.61 Å². The van der Waals surface area contributed by atoms with Crippen molar-refractivity contribution in [1.82, 2.24) is 4.90 Å². The average molecular weight is 256 g/mol. The number of aliphatic hydroxyl groups is 1. The summed E-state index contributed by atoms with van der Waals surface area (Å²) < 4.78 is 0. The summed E-state index contributed by atoms with van der Waals surface area (Å²) in [6.07, 6.45) is 7.57. The van der Waals surface area contributed by atoms with E-state index in [9.17, 15) is 5.11 Å². The van der Waals surface area contributed by atoms with Gasteiger partial charge in [-0.25, -0.2) is 0 Å². The summed E-state index contributed by atoms with van der Waals surface area (Å²) in [5, 5.41) is 9.26. The van der Waals surface area contributed by atoms with E-state index in [2.05, 4.69) is 25.8 Å². The van der Waals surface area contributed by atoms with E-state index in [4.69, 9.17) is 5.73 Å². The van der Waals surface area contributed by atoms with Gasteiger partial charge >= 0.3 is 0 Å². The van der Waals surface area contributed by atoms with Crippen molar-refractivity contribution in [2.24, 2.45) is 11.7 Å². The van der Waals surface area contributed by atoms with Gasteiger partial charge in [-0.15, -0.1) is 0 Å². The number of hydrogen-bond acceptors (Lipinski definition) is 3. The molecular formula is C15H32N2O. The predicted molar refractivity (Wildman–Crippen MR) is 77.6 cm³/mol. The molecule has 0 aliphatic heterocycles. The normalized spacial score (nSPS) is 30.2. The van der Waals surface area contributed by atoms with Crippen LogP contribution in [0.2, 0.25) is 0 Å². The molecule has 0 spiro atoms. The molecule has 1 saturated carbocycles. The summed E-state index contributed by atoms with van der Waals surface area (Å²) in [5.74, 6) is 0.946. The number of nitrogens with zero attached hydrogens (tertiary/aromatic N) is 1. The van der Waals surface area contributed by atoms with Gasteiger partial charge in [-0.1, -0.05) is 13.3 Å². The third-order valence-electron chi connectivity index (χ3n) is 4.79. The molecular weight excluding hydrogens is 224 g/mol. The molecule has 1 aliphatic rings. The fourth-order valence-corrected chi connectivity index (χ4v) is 3.20. The molecule has 108 valence electrons. The van der Waals surface area contributed by atoms with Crippen LogP contribution in [0.15, 0.2) is 0 Å². The molecule has 2 unspecified atom stereocenters. The second-order valence-corrected chi connectivity index (χ2v) is 6.61. The standard InChI is InChI=1S/C15H32N2O/c1-5-13-6-8-14(9-7-13)17(4)12(2)10-15(3,16)11-18/h12-14,18H,5-11,16H2,1-4H3. The van der Waals surface area contributed by atoms with Gasteiger partial charge in [-0.05, 0) is 58.9 Å². The SMILES string of the molecule is CCC1CCC(N(C)C(C)CC(C)(N)CO)CC1. The highest BCUT2D eigenvalue weighted by molar-refractivity contribution is 4.86. The second kappa shape index (κ2) is 6.88. The van der Waals surface area contributed by atoms with E-state index in [1.165, 1.54) is 32.1 Å². The lowest BCUT2D eigenvalue weighted by molar-refractivity contribution is 0.0960. The predicted octanol–water partition coefficient (Wildman–Crippen LogP) is 2.38. The van der Waals surface area contributed by atoms with E-state index in [1.54, 1.807) is 0 Å². The van der Waals surface area contributed by atoms with Crippen LogP contribution in [0, 0.1) is 5.92 Å². The molecule has 1 aliphatic carbocycles. The largest absolute Gasteiger partial charge is 0.394 e. The van der Waals surface area contributed by atoms with Crippen LogP contribution >= 0.6 is 0 Å². The minimum absolute atomic E-state index is 0.0632. The Balaban J connectivity index is 2.42. The molecule has 18 heavy (non-hydrogen) atoms. The smallest absolute Gasteiger partial charge is 0.0609 e. The van der Waals surface area contributed by atoms with E-state index in [0.717, 1.165) is 12.3 Å². The number of hydrogen-bond donors (Lipinski definition) is 2. The molecule has 0 aromatic heterocycles. The summed E-state index contributed by atoms with van der Waals surface area (Å²) in [5.41, 5.74) is 5.60. The Morgan fingerprint density at radius 3 is 2.33 bits per heavy atom. The Morgan fingerprint density at radius 1 is 1.33 bits per heavy atom. The first-order valence-electron chi connectivity index (χ1n) is 7.51. The Bertz CT molecular complexity index is 235. The minimum Gasteiger partial charge on any atom is -0.394 e. The Labute approximate surface area is 113 Å². The molecule has 3 heteroatoms. The Morgan fingerprint density at radius 2 is 1.89 bits per heavy atom. The Kier molecular flexibility index (Phi) is 6.09. The van der Waals surface area contributed by atoms with Crippen LogP contribution in [0.3, 0.4) is 0 Å². The molecule has 0 aromatic carbocycles. The quantitative estimate of drug-likeness (QED) is 0.767. The zero-order chi connectivity index (χ0) is 13.8. The molecule has 0 amide bonds. The van der Waals surface area contributed by atoms with E-state index in [1.807, 2.05) is 6.92 Å².